The monoisotopic (exact) mass is 302 g/mol. The second kappa shape index (κ2) is 7.64. The fourth-order valence-corrected chi connectivity index (χ4v) is 3.66. The van der Waals surface area contributed by atoms with Gasteiger partial charge in [-0.2, -0.15) is 0 Å². The predicted octanol–water partition coefficient (Wildman–Crippen LogP) is 2.68. The lowest BCUT2D eigenvalue weighted by atomic mass is 10.1. The molecule has 1 atom stereocenters. The molecule has 1 saturated heterocycles. The third-order valence-corrected chi connectivity index (χ3v) is 4.86. The molecule has 2 aromatic heterocycles. The fraction of sp³-hybridized carbons (Fsp3) is 0.500. The minimum absolute atomic E-state index is 0.641. The van der Waals surface area contributed by atoms with Crippen LogP contribution in [-0.2, 0) is 13.1 Å². The largest absolute Gasteiger partial charge is 0.317 e. The Kier molecular flexibility index (Phi) is 5.32. The molecule has 4 nitrogen and oxygen atoms in total. The van der Waals surface area contributed by atoms with Gasteiger partial charge < -0.3 is 5.32 Å². The molecule has 0 spiro atoms. The molecule has 5 heteroatoms. The average molecular weight is 302 g/mol. The van der Waals surface area contributed by atoms with Crippen LogP contribution in [0.25, 0.3) is 0 Å². The third-order valence-electron chi connectivity index (χ3n) is 4.00. The SMILES string of the molecule is c1csc(CN(Cc2cncnc2)[C@H]2CCCNCC2)c1. The summed E-state index contributed by atoms with van der Waals surface area (Å²) in [7, 11) is 0. The van der Waals surface area contributed by atoms with Gasteiger partial charge in [0.2, 0.25) is 0 Å². The normalized spacial score (nSPS) is 19.6. The lowest BCUT2D eigenvalue weighted by molar-refractivity contribution is 0.165. The van der Waals surface area contributed by atoms with Gasteiger partial charge in [0.15, 0.2) is 0 Å². The van der Waals surface area contributed by atoms with Crippen LogP contribution in [-0.4, -0.2) is 34.0 Å². The first-order valence-electron chi connectivity index (χ1n) is 7.63. The van der Waals surface area contributed by atoms with E-state index in [0.717, 1.165) is 26.2 Å². The minimum atomic E-state index is 0.641. The van der Waals surface area contributed by atoms with Gasteiger partial charge in [-0.25, -0.2) is 9.97 Å². The lowest BCUT2D eigenvalue weighted by Crippen LogP contribution is -2.35. The smallest absolute Gasteiger partial charge is 0.115 e. The molecule has 0 aromatic carbocycles. The number of hydrogen-bond donors (Lipinski definition) is 1. The topological polar surface area (TPSA) is 41.1 Å². The quantitative estimate of drug-likeness (QED) is 0.922. The fourth-order valence-electron chi connectivity index (χ4n) is 2.93. The first-order valence-corrected chi connectivity index (χ1v) is 8.51. The van der Waals surface area contributed by atoms with Crippen LogP contribution in [0, 0.1) is 0 Å². The summed E-state index contributed by atoms with van der Waals surface area (Å²) in [5, 5.41) is 5.67. The number of hydrogen-bond acceptors (Lipinski definition) is 5. The molecule has 0 aliphatic carbocycles. The van der Waals surface area contributed by atoms with Gasteiger partial charge in [0, 0.05) is 42.0 Å². The zero-order valence-corrected chi connectivity index (χ0v) is 13.1. The number of nitrogens with zero attached hydrogens (tertiary/aromatic N) is 3. The Balaban J connectivity index is 1.72. The van der Waals surface area contributed by atoms with Gasteiger partial charge in [0.25, 0.3) is 0 Å². The lowest BCUT2D eigenvalue weighted by Gasteiger charge is -2.30. The molecule has 2 aromatic rings. The summed E-state index contributed by atoms with van der Waals surface area (Å²) in [6, 6.07) is 5.01. The molecule has 0 bridgehead atoms. The molecule has 1 aliphatic heterocycles. The summed E-state index contributed by atoms with van der Waals surface area (Å²) in [5.74, 6) is 0. The van der Waals surface area contributed by atoms with Crippen molar-refractivity contribution in [3.05, 3.63) is 46.7 Å². The van der Waals surface area contributed by atoms with Crippen LogP contribution in [0.3, 0.4) is 0 Å². The van der Waals surface area contributed by atoms with Crippen LogP contribution in [0.4, 0.5) is 0 Å². The van der Waals surface area contributed by atoms with E-state index in [1.54, 1.807) is 6.33 Å². The molecule has 3 rings (SSSR count). The molecule has 21 heavy (non-hydrogen) atoms. The van der Waals surface area contributed by atoms with Crippen LogP contribution >= 0.6 is 11.3 Å². The van der Waals surface area contributed by atoms with Crippen molar-refractivity contribution in [2.24, 2.45) is 0 Å². The highest BCUT2D eigenvalue weighted by atomic mass is 32.1. The summed E-state index contributed by atoms with van der Waals surface area (Å²) in [5.41, 5.74) is 1.20. The summed E-state index contributed by atoms with van der Waals surface area (Å²) in [6.45, 7) is 4.23. The van der Waals surface area contributed by atoms with Gasteiger partial charge in [0.05, 0.1) is 0 Å². The Morgan fingerprint density at radius 1 is 1.19 bits per heavy atom. The Morgan fingerprint density at radius 2 is 2.10 bits per heavy atom. The van der Waals surface area contributed by atoms with Crippen molar-refractivity contribution in [3.63, 3.8) is 0 Å². The molecular weight excluding hydrogens is 280 g/mol. The first-order chi connectivity index (χ1) is 10.4. The van der Waals surface area contributed by atoms with Crippen LogP contribution in [0.5, 0.6) is 0 Å². The van der Waals surface area contributed by atoms with Crippen molar-refractivity contribution < 1.29 is 0 Å². The highest BCUT2D eigenvalue weighted by Crippen LogP contribution is 2.21. The van der Waals surface area contributed by atoms with E-state index in [1.165, 1.54) is 29.7 Å². The molecule has 3 heterocycles. The summed E-state index contributed by atoms with van der Waals surface area (Å²) >= 11 is 1.84. The van der Waals surface area contributed by atoms with E-state index >= 15 is 0 Å². The van der Waals surface area contributed by atoms with E-state index in [-0.39, 0.29) is 0 Å². The van der Waals surface area contributed by atoms with E-state index in [2.05, 4.69) is 37.7 Å². The van der Waals surface area contributed by atoms with Gasteiger partial charge in [-0.3, -0.25) is 4.90 Å². The maximum atomic E-state index is 4.15. The molecule has 1 aliphatic rings. The van der Waals surface area contributed by atoms with Gasteiger partial charge in [0.1, 0.15) is 6.33 Å². The van der Waals surface area contributed by atoms with Crippen LogP contribution in [0.2, 0.25) is 0 Å². The van der Waals surface area contributed by atoms with Crippen LogP contribution in [0.15, 0.2) is 36.2 Å². The molecule has 1 fully saturated rings. The predicted molar refractivity (Wildman–Crippen MR) is 86.1 cm³/mol. The van der Waals surface area contributed by atoms with E-state index in [0.29, 0.717) is 6.04 Å². The standard InChI is InChI=1S/C16H22N4S/c1-3-15(5-7-17-6-1)20(12-16-4-2-8-21-16)11-14-9-18-13-19-10-14/h2,4,8-10,13,15,17H,1,3,5-7,11-12H2/t15-/m0/s1. The number of nitrogens with one attached hydrogen (secondary N) is 1. The minimum Gasteiger partial charge on any atom is -0.317 e. The van der Waals surface area contributed by atoms with Crippen molar-refractivity contribution in [1.29, 1.82) is 0 Å². The Labute approximate surface area is 130 Å². The number of aromatic nitrogens is 2. The Bertz CT molecular complexity index is 506. The zero-order valence-electron chi connectivity index (χ0n) is 12.2. The van der Waals surface area contributed by atoms with Crippen molar-refractivity contribution >= 4 is 11.3 Å². The molecule has 112 valence electrons. The summed E-state index contributed by atoms with van der Waals surface area (Å²) in [4.78, 5) is 12.3. The van der Waals surface area contributed by atoms with Crippen molar-refractivity contribution in [2.45, 2.75) is 38.4 Å². The van der Waals surface area contributed by atoms with Crippen molar-refractivity contribution in [3.8, 4) is 0 Å². The molecular formula is C16H22N4S. The molecule has 0 unspecified atom stereocenters. The summed E-state index contributed by atoms with van der Waals surface area (Å²) in [6.07, 6.45) is 9.22. The second-order valence-corrected chi connectivity index (χ2v) is 6.60. The average Bonchev–Trinajstić information content (AvgIpc) is 2.87. The van der Waals surface area contributed by atoms with Gasteiger partial charge in [-0.15, -0.1) is 11.3 Å². The maximum Gasteiger partial charge on any atom is 0.115 e. The Morgan fingerprint density at radius 3 is 2.90 bits per heavy atom. The highest BCUT2D eigenvalue weighted by molar-refractivity contribution is 7.09. The molecule has 0 amide bonds. The van der Waals surface area contributed by atoms with E-state index in [9.17, 15) is 0 Å². The zero-order chi connectivity index (χ0) is 14.3. The summed E-state index contributed by atoms with van der Waals surface area (Å²) < 4.78 is 0. The number of thiophene rings is 1. The maximum absolute atomic E-state index is 4.15. The molecule has 0 radical (unpaired) electrons. The van der Waals surface area contributed by atoms with E-state index in [4.69, 9.17) is 0 Å². The van der Waals surface area contributed by atoms with Crippen LogP contribution < -0.4 is 5.32 Å². The molecule has 0 saturated carbocycles. The molecule has 1 N–H and O–H groups in total. The highest BCUT2D eigenvalue weighted by Gasteiger charge is 2.21. The van der Waals surface area contributed by atoms with Crippen molar-refractivity contribution in [1.82, 2.24) is 20.2 Å². The Hall–Kier alpha value is -1.30. The van der Waals surface area contributed by atoms with Crippen LogP contribution in [0.1, 0.15) is 29.7 Å². The van der Waals surface area contributed by atoms with E-state index in [1.807, 2.05) is 23.7 Å². The first kappa shape index (κ1) is 14.6. The van der Waals surface area contributed by atoms with Gasteiger partial charge in [-0.1, -0.05) is 6.07 Å². The van der Waals surface area contributed by atoms with E-state index < -0.39 is 0 Å². The number of rotatable bonds is 5. The van der Waals surface area contributed by atoms with Crippen molar-refractivity contribution in [2.75, 3.05) is 13.1 Å². The second-order valence-electron chi connectivity index (χ2n) is 5.57. The van der Waals surface area contributed by atoms with Gasteiger partial charge >= 0.3 is 0 Å². The van der Waals surface area contributed by atoms with Gasteiger partial charge in [-0.05, 0) is 43.8 Å². The third kappa shape index (κ3) is 4.33.